The number of aromatic hydroxyl groups is 2. The largest absolute Gasteiger partial charge is 0.508 e. The van der Waals surface area contributed by atoms with Crippen molar-refractivity contribution in [3.8, 4) is 11.5 Å². The van der Waals surface area contributed by atoms with Gasteiger partial charge < -0.3 is 20.6 Å². The van der Waals surface area contributed by atoms with Crippen molar-refractivity contribution in [2.45, 2.75) is 38.3 Å². The van der Waals surface area contributed by atoms with Gasteiger partial charge in [-0.25, -0.2) is 0 Å². The summed E-state index contributed by atoms with van der Waals surface area (Å²) in [5.41, 5.74) is 4.06. The molecule has 2 aromatic carbocycles. The number of fused-ring (bicyclic) bond motifs is 1. The van der Waals surface area contributed by atoms with Crippen LogP contribution < -0.4 is 5.32 Å². The minimum absolute atomic E-state index is 0.248. The number of aliphatic hydroxyl groups excluding tert-OH is 1. The van der Waals surface area contributed by atoms with Crippen molar-refractivity contribution in [3.05, 3.63) is 58.7 Å². The summed E-state index contributed by atoms with van der Waals surface area (Å²) in [6.45, 7) is 2.30. The van der Waals surface area contributed by atoms with Gasteiger partial charge in [0.1, 0.15) is 11.5 Å². The lowest BCUT2D eigenvalue weighted by atomic mass is 9.88. The number of hydrogen-bond acceptors (Lipinski definition) is 4. The van der Waals surface area contributed by atoms with Crippen LogP contribution >= 0.6 is 0 Å². The number of aryl methyl sites for hydroxylation is 2. The van der Waals surface area contributed by atoms with Gasteiger partial charge in [0.15, 0.2) is 0 Å². The Bertz CT molecular complexity index is 699. The summed E-state index contributed by atoms with van der Waals surface area (Å²) in [6, 6.07) is 11.1. The monoisotopic (exact) mass is 313 g/mol. The van der Waals surface area contributed by atoms with Gasteiger partial charge in [-0.2, -0.15) is 0 Å². The highest BCUT2D eigenvalue weighted by Gasteiger charge is 2.20. The van der Waals surface area contributed by atoms with Crippen molar-refractivity contribution in [1.29, 1.82) is 0 Å². The Balaban J connectivity index is 1.59. The highest BCUT2D eigenvalue weighted by molar-refractivity contribution is 5.37. The number of phenolic OH excluding ortho intramolecular Hbond substituents is 2. The van der Waals surface area contributed by atoms with Gasteiger partial charge in [-0.05, 0) is 72.7 Å². The van der Waals surface area contributed by atoms with Crippen LogP contribution in [0.5, 0.6) is 11.5 Å². The average molecular weight is 313 g/mol. The Labute approximate surface area is 136 Å². The molecular weight excluding hydrogens is 290 g/mol. The van der Waals surface area contributed by atoms with Crippen LogP contribution in [-0.2, 0) is 12.8 Å². The van der Waals surface area contributed by atoms with Crippen molar-refractivity contribution in [3.63, 3.8) is 0 Å². The zero-order valence-corrected chi connectivity index (χ0v) is 13.3. The number of phenols is 2. The van der Waals surface area contributed by atoms with E-state index in [9.17, 15) is 15.3 Å². The lowest BCUT2D eigenvalue weighted by molar-refractivity contribution is 0.168. The fourth-order valence-electron chi connectivity index (χ4n) is 3.20. The van der Waals surface area contributed by atoms with Gasteiger partial charge in [0.05, 0.1) is 6.10 Å². The van der Waals surface area contributed by atoms with Crippen molar-refractivity contribution < 1.29 is 15.3 Å². The summed E-state index contributed by atoms with van der Waals surface area (Å²) >= 11 is 0. The number of aliphatic hydroxyl groups is 1. The Hall–Kier alpha value is -2.04. The topological polar surface area (TPSA) is 72.7 Å². The normalized spacial score (nSPS) is 18.4. The lowest BCUT2D eigenvalue weighted by Gasteiger charge is -2.27. The molecule has 0 aliphatic heterocycles. The molecule has 2 aromatic rings. The second-order valence-electron chi connectivity index (χ2n) is 6.36. The molecule has 0 saturated carbocycles. The second-order valence-corrected chi connectivity index (χ2v) is 6.36. The first-order valence-electron chi connectivity index (χ1n) is 8.04. The molecular formula is C19H23NO3. The Morgan fingerprint density at radius 1 is 1.13 bits per heavy atom. The lowest BCUT2D eigenvalue weighted by Crippen LogP contribution is -2.37. The summed E-state index contributed by atoms with van der Waals surface area (Å²) in [7, 11) is 0. The van der Waals surface area contributed by atoms with Gasteiger partial charge in [0, 0.05) is 12.6 Å². The predicted molar refractivity (Wildman–Crippen MR) is 89.7 cm³/mol. The number of hydrogen-bond donors (Lipinski definition) is 4. The highest BCUT2D eigenvalue weighted by Crippen LogP contribution is 2.26. The maximum absolute atomic E-state index is 10.3. The quantitative estimate of drug-likeness (QED) is 0.700. The van der Waals surface area contributed by atoms with E-state index in [4.69, 9.17) is 0 Å². The molecule has 2 atom stereocenters. The average Bonchev–Trinajstić information content (AvgIpc) is 2.54. The molecule has 2 unspecified atom stereocenters. The first-order chi connectivity index (χ1) is 11.0. The van der Waals surface area contributed by atoms with E-state index in [2.05, 4.69) is 5.32 Å². The van der Waals surface area contributed by atoms with E-state index in [-0.39, 0.29) is 5.75 Å². The van der Waals surface area contributed by atoms with Crippen LogP contribution in [0.25, 0.3) is 0 Å². The summed E-state index contributed by atoms with van der Waals surface area (Å²) in [6.07, 6.45) is 2.28. The third-order valence-corrected chi connectivity index (χ3v) is 4.62. The Morgan fingerprint density at radius 2 is 1.96 bits per heavy atom. The van der Waals surface area contributed by atoms with E-state index in [1.165, 1.54) is 11.1 Å². The zero-order chi connectivity index (χ0) is 16.4. The van der Waals surface area contributed by atoms with Gasteiger partial charge in [-0.1, -0.05) is 12.1 Å². The molecule has 122 valence electrons. The van der Waals surface area contributed by atoms with Crippen molar-refractivity contribution in [2.75, 3.05) is 6.54 Å². The van der Waals surface area contributed by atoms with Crippen LogP contribution in [0, 0.1) is 6.92 Å². The van der Waals surface area contributed by atoms with Crippen LogP contribution in [0.15, 0.2) is 36.4 Å². The van der Waals surface area contributed by atoms with Crippen LogP contribution in [0.2, 0.25) is 0 Å². The predicted octanol–water partition coefficient (Wildman–Crippen LogP) is 2.59. The van der Waals surface area contributed by atoms with Gasteiger partial charge in [-0.3, -0.25) is 0 Å². The second kappa shape index (κ2) is 6.60. The van der Waals surface area contributed by atoms with Crippen molar-refractivity contribution in [2.24, 2.45) is 0 Å². The number of benzene rings is 2. The number of nitrogens with one attached hydrogen (secondary N) is 1. The summed E-state index contributed by atoms with van der Waals surface area (Å²) in [4.78, 5) is 0. The molecule has 1 aliphatic rings. The minimum atomic E-state index is -0.597. The zero-order valence-electron chi connectivity index (χ0n) is 13.3. The minimum Gasteiger partial charge on any atom is -0.508 e. The van der Waals surface area contributed by atoms with E-state index in [0.717, 1.165) is 30.4 Å². The molecule has 0 saturated heterocycles. The summed E-state index contributed by atoms with van der Waals surface area (Å²) in [5.74, 6) is 0.557. The van der Waals surface area contributed by atoms with Crippen molar-refractivity contribution >= 4 is 0 Å². The standard InChI is InChI=1S/C19H23NO3/c1-12-8-14(4-7-18(12)22)19(23)11-20-16-5-2-13-3-6-17(21)10-15(13)9-16/h3-4,6-8,10,16,19-23H,2,5,9,11H2,1H3. The molecule has 0 fully saturated rings. The Kier molecular flexibility index (Phi) is 4.55. The van der Waals surface area contributed by atoms with E-state index in [1.54, 1.807) is 18.2 Å². The molecule has 23 heavy (non-hydrogen) atoms. The first-order valence-corrected chi connectivity index (χ1v) is 8.04. The van der Waals surface area contributed by atoms with E-state index in [1.807, 2.05) is 25.1 Å². The van der Waals surface area contributed by atoms with Crippen LogP contribution in [0.1, 0.15) is 34.8 Å². The molecule has 0 spiro atoms. The fraction of sp³-hybridized carbons (Fsp3) is 0.368. The SMILES string of the molecule is Cc1cc(C(O)CNC2CCc3ccc(O)cc3C2)ccc1O. The molecule has 3 rings (SSSR count). The van der Waals surface area contributed by atoms with Gasteiger partial charge >= 0.3 is 0 Å². The van der Waals surface area contributed by atoms with E-state index >= 15 is 0 Å². The highest BCUT2D eigenvalue weighted by atomic mass is 16.3. The maximum Gasteiger partial charge on any atom is 0.118 e. The third-order valence-electron chi connectivity index (χ3n) is 4.62. The molecule has 0 radical (unpaired) electrons. The van der Waals surface area contributed by atoms with Crippen LogP contribution in [-0.4, -0.2) is 27.9 Å². The van der Waals surface area contributed by atoms with Gasteiger partial charge in [0.25, 0.3) is 0 Å². The number of rotatable bonds is 4. The molecule has 0 bridgehead atoms. The fourth-order valence-corrected chi connectivity index (χ4v) is 3.20. The van der Waals surface area contributed by atoms with E-state index in [0.29, 0.717) is 18.3 Å². The molecule has 0 heterocycles. The van der Waals surface area contributed by atoms with E-state index < -0.39 is 6.10 Å². The molecule has 4 N–H and O–H groups in total. The summed E-state index contributed by atoms with van der Waals surface area (Å²) in [5, 5.41) is 32.9. The first kappa shape index (κ1) is 15.8. The van der Waals surface area contributed by atoms with Gasteiger partial charge in [-0.15, -0.1) is 0 Å². The smallest absolute Gasteiger partial charge is 0.118 e. The van der Waals surface area contributed by atoms with Crippen LogP contribution in [0.3, 0.4) is 0 Å². The summed E-state index contributed by atoms with van der Waals surface area (Å²) < 4.78 is 0. The molecule has 0 amide bonds. The molecule has 4 heteroatoms. The molecule has 0 aromatic heterocycles. The van der Waals surface area contributed by atoms with Crippen molar-refractivity contribution in [1.82, 2.24) is 5.32 Å². The molecule has 1 aliphatic carbocycles. The maximum atomic E-state index is 10.3. The van der Waals surface area contributed by atoms with Gasteiger partial charge in [0.2, 0.25) is 0 Å². The third kappa shape index (κ3) is 3.66. The van der Waals surface area contributed by atoms with Crippen LogP contribution in [0.4, 0.5) is 0 Å². The Morgan fingerprint density at radius 3 is 2.74 bits per heavy atom. The molecule has 4 nitrogen and oxygen atoms in total.